The maximum Gasteiger partial charge on any atom is 0.272 e. The molecule has 0 aliphatic heterocycles. The highest BCUT2D eigenvalue weighted by Gasteiger charge is 2.18. The van der Waals surface area contributed by atoms with Gasteiger partial charge in [-0.05, 0) is 54.5 Å². The first-order chi connectivity index (χ1) is 15.2. The molecule has 0 aliphatic rings. The number of aryl methyl sites for hydroxylation is 1. The fraction of sp³-hybridized carbons (Fsp3) is 0.0435. The highest BCUT2D eigenvalue weighted by atomic mass is 35.5. The number of benzene rings is 3. The average molecular weight is 454 g/mol. The molecule has 9 heteroatoms. The second-order valence-corrected chi connectivity index (χ2v) is 7.19. The van der Waals surface area contributed by atoms with Gasteiger partial charge in [0.25, 0.3) is 17.5 Å². The third-order valence-electron chi connectivity index (χ3n) is 4.44. The maximum atomic E-state index is 14.0. The molecular formula is C23H17ClFN3O4. The molecule has 0 spiro atoms. The molecule has 0 aliphatic carbocycles. The highest BCUT2D eigenvalue weighted by molar-refractivity contribution is 6.30. The Morgan fingerprint density at radius 2 is 1.81 bits per heavy atom. The van der Waals surface area contributed by atoms with Crippen LogP contribution in [-0.4, -0.2) is 16.7 Å². The number of halogens is 2. The van der Waals surface area contributed by atoms with Crippen molar-refractivity contribution in [3.63, 3.8) is 0 Å². The molecular weight excluding hydrogens is 437 g/mol. The van der Waals surface area contributed by atoms with Gasteiger partial charge in [0.1, 0.15) is 11.5 Å². The Kier molecular flexibility index (Phi) is 6.97. The van der Waals surface area contributed by atoms with E-state index in [2.05, 4.69) is 10.6 Å². The summed E-state index contributed by atoms with van der Waals surface area (Å²) < 4.78 is 14.0. The fourth-order valence-electron chi connectivity index (χ4n) is 2.85. The van der Waals surface area contributed by atoms with E-state index in [0.717, 1.165) is 6.07 Å². The monoisotopic (exact) mass is 453 g/mol. The SMILES string of the molecule is Cc1cc(Cl)ccc1NC(=O)C(=Cc1cccc([N+](=O)[O-])c1)NC(=O)c1ccccc1F. The van der Waals surface area contributed by atoms with E-state index in [-0.39, 0.29) is 16.9 Å². The normalized spacial score (nSPS) is 11.0. The van der Waals surface area contributed by atoms with Gasteiger partial charge in [0.2, 0.25) is 0 Å². The van der Waals surface area contributed by atoms with Gasteiger partial charge in [-0.2, -0.15) is 0 Å². The number of nitrogens with zero attached hydrogens (tertiary/aromatic N) is 1. The molecule has 0 saturated carbocycles. The van der Waals surface area contributed by atoms with E-state index >= 15 is 0 Å². The first-order valence-electron chi connectivity index (χ1n) is 9.34. The van der Waals surface area contributed by atoms with Crippen molar-refractivity contribution in [3.8, 4) is 0 Å². The average Bonchev–Trinajstić information content (AvgIpc) is 2.75. The van der Waals surface area contributed by atoms with Crippen molar-refractivity contribution in [1.29, 1.82) is 0 Å². The molecule has 0 radical (unpaired) electrons. The van der Waals surface area contributed by atoms with Crippen molar-refractivity contribution < 1.29 is 18.9 Å². The summed E-state index contributed by atoms with van der Waals surface area (Å²) in [5, 5.41) is 16.6. The second-order valence-electron chi connectivity index (χ2n) is 6.76. The van der Waals surface area contributed by atoms with Gasteiger partial charge in [0, 0.05) is 22.8 Å². The predicted octanol–water partition coefficient (Wildman–Crippen LogP) is 5.11. The zero-order valence-electron chi connectivity index (χ0n) is 16.8. The Hall–Kier alpha value is -4.04. The Morgan fingerprint density at radius 3 is 2.50 bits per heavy atom. The second kappa shape index (κ2) is 9.84. The molecule has 7 nitrogen and oxygen atoms in total. The van der Waals surface area contributed by atoms with Gasteiger partial charge in [-0.25, -0.2) is 4.39 Å². The van der Waals surface area contributed by atoms with Gasteiger partial charge in [-0.15, -0.1) is 0 Å². The fourth-order valence-corrected chi connectivity index (χ4v) is 3.07. The van der Waals surface area contributed by atoms with E-state index in [1.807, 2.05) is 0 Å². The minimum atomic E-state index is -0.845. The molecule has 3 aromatic carbocycles. The number of hydrogen-bond acceptors (Lipinski definition) is 4. The van der Waals surface area contributed by atoms with Crippen LogP contribution in [0.5, 0.6) is 0 Å². The van der Waals surface area contributed by atoms with Crippen molar-refractivity contribution in [2.45, 2.75) is 6.92 Å². The first-order valence-corrected chi connectivity index (χ1v) is 9.72. The van der Waals surface area contributed by atoms with Crippen molar-refractivity contribution in [2.24, 2.45) is 0 Å². The molecule has 0 atom stereocenters. The molecule has 2 amide bonds. The van der Waals surface area contributed by atoms with Crippen LogP contribution in [0.15, 0.2) is 72.4 Å². The van der Waals surface area contributed by atoms with E-state index < -0.39 is 22.6 Å². The zero-order chi connectivity index (χ0) is 23.3. The maximum absolute atomic E-state index is 14.0. The number of rotatable bonds is 6. The van der Waals surface area contributed by atoms with Crippen molar-refractivity contribution in [3.05, 3.63) is 110 Å². The molecule has 0 aromatic heterocycles. The number of amides is 2. The summed E-state index contributed by atoms with van der Waals surface area (Å²) in [6.45, 7) is 1.74. The first kappa shape index (κ1) is 22.6. The van der Waals surface area contributed by atoms with Crippen molar-refractivity contribution in [1.82, 2.24) is 5.32 Å². The lowest BCUT2D eigenvalue weighted by Gasteiger charge is -2.13. The Morgan fingerprint density at radius 1 is 1.06 bits per heavy atom. The van der Waals surface area contributed by atoms with E-state index in [9.17, 15) is 24.1 Å². The highest BCUT2D eigenvalue weighted by Crippen LogP contribution is 2.21. The number of carbonyl (C=O) groups excluding carboxylic acids is 2. The number of nitro benzene ring substituents is 1. The molecule has 162 valence electrons. The Labute approximate surface area is 187 Å². The molecule has 3 rings (SSSR count). The lowest BCUT2D eigenvalue weighted by Crippen LogP contribution is -2.31. The van der Waals surface area contributed by atoms with Gasteiger partial charge < -0.3 is 10.6 Å². The molecule has 0 heterocycles. The van der Waals surface area contributed by atoms with E-state index in [1.54, 1.807) is 25.1 Å². The Balaban J connectivity index is 1.97. The van der Waals surface area contributed by atoms with Crippen LogP contribution in [0.4, 0.5) is 15.8 Å². The summed E-state index contributed by atoms with van der Waals surface area (Å²) in [6, 6.07) is 15.7. The van der Waals surface area contributed by atoms with Crippen LogP contribution in [-0.2, 0) is 4.79 Å². The molecule has 0 fully saturated rings. The number of nitro groups is 1. The minimum absolute atomic E-state index is 0.188. The summed E-state index contributed by atoms with van der Waals surface area (Å²) >= 11 is 5.94. The Bertz CT molecular complexity index is 1240. The number of anilines is 1. The van der Waals surface area contributed by atoms with Gasteiger partial charge >= 0.3 is 0 Å². The molecule has 0 bridgehead atoms. The molecule has 0 unspecified atom stereocenters. The molecule has 2 N–H and O–H groups in total. The van der Waals surface area contributed by atoms with E-state index in [1.165, 1.54) is 48.5 Å². The number of hydrogen-bond donors (Lipinski definition) is 2. The standard InChI is InChI=1S/C23H17ClFN3O4/c1-14-11-16(24)9-10-20(14)26-23(30)21(13-15-5-4-6-17(12-15)28(31)32)27-22(29)18-7-2-3-8-19(18)25/h2-13H,1H3,(H,26,30)(H,27,29). The molecule has 0 saturated heterocycles. The van der Waals surface area contributed by atoms with E-state index in [4.69, 9.17) is 11.6 Å². The number of carbonyl (C=O) groups is 2. The zero-order valence-corrected chi connectivity index (χ0v) is 17.5. The van der Waals surface area contributed by atoms with Crippen molar-refractivity contribution in [2.75, 3.05) is 5.32 Å². The summed E-state index contributed by atoms with van der Waals surface area (Å²) in [7, 11) is 0. The van der Waals surface area contributed by atoms with Crippen LogP contribution in [0, 0.1) is 22.9 Å². The largest absolute Gasteiger partial charge is 0.320 e. The summed E-state index contributed by atoms with van der Waals surface area (Å²) in [5.41, 5.74) is 0.755. The number of nitrogens with one attached hydrogen (secondary N) is 2. The van der Waals surface area contributed by atoms with E-state index in [0.29, 0.717) is 21.8 Å². The summed E-state index contributed by atoms with van der Waals surface area (Å²) in [4.78, 5) is 36.1. The lowest BCUT2D eigenvalue weighted by molar-refractivity contribution is -0.384. The van der Waals surface area contributed by atoms with Crippen LogP contribution in [0.3, 0.4) is 0 Å². The third kappa shape index (κ3) is 5.55. The summed E-state index contributed by atoms with van der Waals surface area (Å²) in [6.07, 6.45) is 1.27. The quantitative estimate of drug-likeness (QED) is 0.308. The van der Waals surface area contributed by atoms with Crippen LogP contribution in [0.1, 0.15) is 21.5 Å². The number of non-ortho nitro benzene ring substituents is 1. The summed E-state index contributed by atoms with van der Waals surface area (Å²) in [5.74, 6) is -2.30. The molecule has 32 heavy (non-hydrogen) atoms. The van der Waals surface area contributed by atoms with Crippen LogP contribution in [0.2, 0.25) is 5.02 Å². The van der Waals surface area contributed by atoms with Gasteiger partial charge in [-0.1, -0.05) is 35.9 Å². The van der Waals surface area contributed by atoms with Crippen LogP contribution < -0.4 is 10.6 Å². The minimum Gasteiger partial charge on any atom is -0.320 e. The topological polar surface area (TPSA) is 101 Å². The molecule has 3 aromatic rings. The predicted molar refractivity (Wildman–Crippen MR) is 120 cm³/mol. The third-order valence-corrected chi connectivity index (χ3v) is 4.68. The lowest BCUT2D eigenvalue weighted by atomic mass is 10.1. The van der Waals surface area contributed by atoms with Gasteiger partial charge in [0.05, 0.1) is 10.5 Å². The van der Waals surface area contributed by atoms with Crippen molar-refractivity contribution >= 4 is 40.9 Å². The van der Waals surface area contributed by atoms with Gasteiger partial charge in [0.15, 0.2) is 0 Å². The van der Waals surface area contributed by atoms with Crippen LogP contribution in [0.25, 0.3) is 6.08 Å². The smallest absolute Gasteiger partial charge is 0.272 e. The van der Waals surface area contributed by atoms with Crippen LogP contribution >= 0.6 is 11.6 Å². The van der Waals surface area contributed by atoms with Gasteiger partial charge in [-0.3, -0.25) is 19.7 Å².